The number of alkyl halides is 3. The lowest BCUT2D eigenvalue weighted by Gasteiger charge is -2.35. The van der Waals surface area contributed by atoms with E-state index in [2.05, 4.69) is 4.90 Å². The second kappa shape index (κ2) is 7.41. The summed E-state index contributed by atoms with van der Waals surface area (Å²) in [6.45, 7) is 3.72. The van der Waals surface area contributed by atoms with Crippen LogP contribution in [0.25, 0.3) is 0 Å². The first kappa shape index (κ1) is 17.2. The molecule has 1 unspecified atom stereocenters. The van der Waals surface area contributed by atoms with Gasteiger partial charge in [-0.3, -0.25) is 9.80 Å². The van der Waals surface area contributed by atoms with Crippen molar-refractivity contribution in [3.8, 4) is 0 Å². The van der Waals surface area contributed by atoms with Gasteiger partial charge in [0.1, 0.15) is 0 Å². The van der Waals surface area contributed by atoms with Crippen LogP contribution in [0.4, 0.5) is 13.2 Å². The molecular formula is C15H21F3N2O2. The Balaban J connectivity index is 1.98. The van der Waals surface area contributed by atoms with Crippen LogP contribution < -0.4 is 0 Å². The largest absolute Gasteiger partial charge is 0.416 e. The standard InChI is InChI=1S/C15H21F3N2O2/c16-15(17,18)13-4-2-1-3-12(13)14(22)11-20-7-5-19(6-8-20)9-10-21/h1-4,14,21-22H,5-11H2. The van der Waals surface area contributed by atoms with Crippen LogP contribution in [0.3, 0.4) is 0 Å². The van der Waals surface area contributed by atoms with E-state index in [0.717, 1.165) is 19.2 Å². The van der Waals surface area contributed by atoms with Gasteiger partial charge in [-0.05, 0) is 11.6 Å². The molecule has 7 heteroatoms. The van der Waals surface area contributed by atoms with Crippen molar-refractivity contribution in [3.05, 3.63) is 35.4 Å². The monoisotopic (exact) mass is 318 g/mol. The van der Waals surface area contributed by atoms with Crippen molar-refractivity contribution in [1.82, 2.24) is 9.80 Å². The fourth-order valence-electron chi connectivity index (χ4n) is 2.73. The Bertz CT molecular complexity index is 474. The quantitative estimate of drug-likeness (QED) is 0.860. The second-order valence-corrected chi connectivity index (χ2v) is 5.47. The number of β-amino-alcohol motifs (C(OH)–C–C–N with tert-alkyl or cyclic N) is 2. The summed E-state index contributed by atoms with van der Waals surface area (Å²) in [6.07, 6.45) is -5.63. The topological polar surface area (TPSA) is 46.9 Å². The summed E-state index contributed by atoms with van der Waals surface area (Å²) >= 11 is 0. The summed E-state index contributed by atoms with van der Waals surface area (Å²) in [5.74, 6) is 0. The Labute approximate surface area is 127 Å². The first-order valence-corrected chi connectivity index (χ1v) is 7.31. The minimum Gasteiger partial charge on any atom is -0.395 e. The number of benzene rings is 1. The van der Waals surface area contributed by atoms with Crippen molar-refractivity contribution < 1.29 is 23.4 Å². The van der Waals surface area contributed by atoms with Gasteiger partial charge in [0.05, 0.1) is 18.3 Å². The Morgan fingerprint density at radius 1 is 1.05 bits per heavy atom. The number of aliphatic hydroxyl groups is 2. The maximum atomic E-state index is 13.0. The molecular weight excluding hydrogens is 297 g/mol. The molecule has 1 aromatic rings. The van der Waals surface area contributed by atoms with E-state index < -0.39 is 17.8 Å². The summed E-state index contributed by atoms with van der Waals surface area (Å²) in [5, 5.41) is 19.1. The molecule has 0 radical (unpaired) electrons. The molecule has 1 fully saturated rings. The van der Waals surface area contributed by atoms with Gasteiger partial charge < -0.3 is 10.2 Å². The molecule has 0 saturated carbocycles. The van der Waals surface area contributed by atoms with Gasteiger partial charge in [-0.25, -0.2) is 0 Å². The van der Waals surface area contributed by atoms with Gasteiger partial charge >= 0.3 is 6.18 Å². The van der Waals surface area contributed by atoms with Gasteiger partial charge in [-0.1, -0.05) is 18.2 Å². The smallest absolute Gasteiger partial charge is 0.395 e. The van der Waals surface area contributed by atoms with Gasteiger partial charge in [0.2, 0.25) is 0 Å². The van der Waals surface area contributed by atoms with E-state index in [1.54, 1.807) is 0 Å². The predicted molar refractivity (Wildman–Crippen MR) is 76.4 cm³/mol. The summed E-state index contributed by atoms with van der Waals surface area (Å²) < 4.78 is 38.9. The van der Waals surface area contributed by atoms with Crippen molar-refractivity contribution in [2.75, 3.05) is 45.9 Å². The molecule has 0 bridgehead atoms. The Morgan fingerprint density at radius 3 is 2.23 bits per heavy atom. The molecule has 2 N–H and O–H groups in total. The third-order valence-electron chi connectivity index (χ3n) is 3.94. The predicted octanol–water partition coefficient (Wildman–Crippen LogP) is 1.35. The fourth-order valence-corrected chi connectivity index (χ4v) is 2.73. The number of hydrogen-bond acceptors (Lipinski definition) is 4. The van der Waals surface area contributed by atoms with E-state index in [0.29, 0.717) is 19.6 Å². The normalized spacial score (nSPS) is 19.3. The Hall–Kier alpha value is -1.15. The first-order valence-electron chi connectivity index (χ1n) is 7.31. The number of rotatable bonds is 5. The van der Waals surface area contributed by atoms with Crippen molar-refractivity contribution in [2.45, 2.75) is 12.3 Å². The van der Waals surface area contributed by atoms with Crippen LogP contribution in [0.1, 0.15) is 17.2 Å². The lowest BCUT2D eigenvalue weighted by Crippen LogP contribution is -2.48. The van der Waals surface area contributed by atoms with Crippen molar-refractivity contribution in [1.29, 1.82) is 0 Å². The molecule has 0 spiro atoms. The van der Waals surface area contributed by atoms with Crippen LogP contribution in [-0.4, -0.2) is 65.9 Å². The van der Waals surface area contributed by atoms with E-state index in [9.17, 15) is 18.3 Å². The van der Waals surface area contributed by atoms with E-state index in [4.69, 9.17) is 5.11 Å². The van der Waals surface area contributed by atoms with E-state index in [-0.39, 0.29) is 18.7 Å². The molecule has 1 aliphatic heterocycles. The number of nitrogens with zero attached hydrogens (tertiary/aromatic N) is 2. The molecule has 4 nitrogen and oxygen atoms in total. The molecule has 1 atom stereocenters. The lowest BCUT2D eigenvalue weighted by molar-refractivity contribution is -0.139. The van der Waals surface area contributed by atoms with Gasteiger partial charge in [0.25, 0.3) is 0 Å². The number of aliphatic hydroxyl groups excluding tert-OH is 2. The molecule has 0 aromatic heterocycles. The van der Waals surface area contributed by atoms with Crippen molar-refractivity contribution in [2.24, 2.45) is 0 Å². The van der Waals surface area contributed by atoms with Crippen molar-refractivity contribution in [3.63, 3.8) is 0 Å². The maximum Gasteiger partial charge on any atom is 0.416 e. The molecule has 1 aliphatic rings. The van der Waals surface area contributed by atoms with Crippen LogP contribution in [0.2, 0.25) is 0 Å². The SMILES string of the molecule is OCCN1CCN(CC(O)c2ccccc2C(F)(F)F)CC1. The summed E-state index contributed by atoms with van der Waals surface area (Å²) in [7, 11) is 0. The van der Waals surface area contributed by atoms with Gasteiger partial charge in [-0.15, -0.1) is 0 Å². The highest BCUT2D eigenvalue weighted by Crippen LogP contribution is 2.34. The van der Waals surface area contributed by atoms with Crippen LogP contribution in [0.15, 0.2) is 24.3 Å². The Kier molecular flexibility index (Phi) is 5.80. The molecule has 22 heavy (non-hydrogen) atoms. The molecule has 1 heterocycles. The summed E-state index contributed by atoms with van der Waals surface area (Å²) in [6, 6.07) is 5.16. The third kappa shape index (κ3) is 4.42. The van der Waals surface area contributed by atoms with Crippen LogP contribution in [0.5, 0.6) is 0 Å². The zero-order chi connectivity index (χ0) is 16.2. The fraction of sp³-hybridized carbons (Fsp3) is 0.600. The zero-order valence-corrected chi connectivity index (χ0v) is 12.3. The lowest BCUT2D eigenvalue weighted by atomic mass is 10.0. The molecule has 1 saturated heterocycles. The molecule has 1 aromatic carbocycles. The number of halogens is 3. The Morgan fingerprint density at radius 2 is 1.64 bits per heavy atom. The van der Waals surface area contributed by atoms with Gasteiger partial charge in [0.15, 0.2) is 0 Å². The number of hydrogen-bond donors (Lipinski definition) is 2. The van der Waals surface area contributed by atoms with E-state index in [1.165, 1.54) is 18.2 Å². The third-order valence-corrected chi connectivity index (χ3v) is 3.94. The number of piperazine rings is 1. The van der Waals surface area contributed by atoms with Gasteiger partial charge in [0, 0.05) is 39.3 Å². The second-order valence-electron chi connectivity index (χ2n) is 5.47. The van der Waals surface area contributed by atoms with E-state index >= 15 is 0 Å². The maximum absolute atomic E-state index is 13.0. The van der Waals surface area contributed by atoms with Gasteiger partial charge in [-0.2, -0.15) is 13.2 Å². The van der Waals surface area contributed by atoms with Crippen LogP contribution in [-0.2, 0) is 6.18 Å². The molecule has 2 rings (SSSR count). The minimum atomic E-state index is -4.46. The summed E-state index contributed by atoms with van der Waals surface area (Å²) in [4.78, 5) is 4.04. The highest BCUT2D eigenvalue weighted by atomic mass is 19.4. The first-order chi connectivity index (χ1) is 10.4. The highest BCUT2D eigenvalue weighted by Gasteiger charge is 2.35. The van der Waals surface area contributed by atoms with Crippen LogP contribution in [0, 0.1) is 0 Å². The average molecular weight is 318 g/mol. The summed E-state index contributed by atoms with van der Waals surface area (Å²) in [5.41, 5.74) is -0.853. The molecule has 0 amide bonds. The zero-order valence-electron chi connectivity index (χ0n) is 12.3. The van der Waals surface area contributed by atoms with E-state index in [1.807, 2.05) is 4.90 Å². The minimum absolute atomic E-state index is 0.0761. The van der Waals surface area contributed by atoms with Crippen LogP contribution >= 0.6 is 0 Å². The molecule has 124 valence electrons. The van der Waals surface area contributed by atoms with Crippen molar-refractivity contribution >= 4 is 0 Å². The highest BCUT2D eigenvalue weighted by molar-refractivity contribution is 5.31. The average Bonchev–Trinajstić information content (AvgIpc) is 2.48. The molecule has 0 aliphatic carbocycles.